The molecule has 1 atom stereocenters. The van der Waals surface area contributed by atoms with E-state index in [1.807, 2.05) is 12.1 Å². The number of methoxy groups -OCH3 is 1. The predicted octanol–water partition coefficient (Wildman–Crippen LogP) is 1.30. The molecule has 2 heterocycles. The number of carbonyl (C=O) groups excluding carboxylic acids is 1. The maximum absolute atomic E-state index is 11.4. The van der Waals surface area contributed by atoms with Gasteiger partial charge in [0.25, 0.3) is 0 Å². The Labute approximate surface area is 134 Å². The van der Waals surface area contributed by atoms with Crippen molar-refractivity contribution >= 4 is 28.3 Å². The standard InChI is InChI=1S/C16H19N5O2/c1-3-14(22)18-11-4-5-12-13(8-11)19-16(23-2)20-15(12)21-7-6-10(17)9-21/h3-5,8,10H,1,6-7,9,17H2,2H3,(H,18,22)/t10-/m1/s1. The Morgan fingerprint density at radius 2 is 2.35 bits per heavy atom. The third kappa shape index (κ3) is 3.09. The van der Waals surface area contributed by atoms with Gasteiger partial charge in [0.15, 0.2) is 0 Å². The maximum Gasteiger partial charge on any atom is 0.318 e. The second kappa shape index (κ2) is 6.21. The topological polar surface area (TPSA) is 93.4 Å². The van der Waals surface area contributed by atoms with Crippen molar-refractivity contribution in [2.24, 2.45) is 5.73 Å². The largest absolute Gasteiger partial charge is 0.467 e. The highest BCUT2D eigenvalue weighted by Crippen LogP contribution is 2.30. The van der Waals surface area contributed by atoms with Crippen molar-refractivity contribution in [1.29, 1.82) is 0 Å². The number of carbonyl (C=O) groups is 1. The molecule has 1 fully saturated rings. The molecule has 7 heteroatoms. The van der Waals surface area contributed by atoms with Gasteiger partial charge in [0.2, 0.25) is 5.91 Å². The van der Waals surface area contributed by atoms with Crippen LogP contribution in [-0.4, -0.2) is 42.1 Å². The first-order valence-electron chi connectivity index (χ1n) is 7.40. The predicted molar refractivity (Wildman–Crippen MR) is 89.7 cm³/mol. The third-order valence-electron chi connectivity index (χ3n) is 3.82. The van der Waals surface area contributed by atoms with Crippen molar-refractivity contribution in [1.82, 2.24) is 9.97 Å². The minimum Gasteiger partial charge on any atom is -0.467 e. The molecule has 0 unspecified atom stereocenters. The van der Waals surface area contributed by atoms with Gasteiger partial charge in [-0.2, -0.15) is 9.97 Å². The molecule has 23 heavy (non-hydrogen) atoms. The Hall–Kier alpha value is -2.67. The van der Waals surface area contributed by atoms with Crippen LogP contribution >= 0.6 is 0 Å². The van der Waals surface area contributed by atoms with E-state index in [-0.39, 0.29) is 11.9 Å². The Balaban J connectivity index is 2.05. The first kappa shape index (κ1) is 15.2. The number of rotatable bonds is 4. The summed E-state index contributed by atoms with van der Waals surface area (Å²) < 4.78 is 5.21. The summed E-state index contributed by atoms with van der Waals surface area (Å²) in [6.07, 6.45) is 2.16. The monoisotopic (exact) mass is 313 g/mol. The number of ether oxygens (including phenoxy) is 1. The molecule has 0 saturated carbocycles. The zero-order valence-electron chi connectivity index (χ0n) is 13.0. The molecule has 7 nitrogen and oxygen atoms in total. The molecule has 3 rings (SSSR count). The van der Waals surface area contributed by atoms with Gasteiger partial charge in [-0.15, -0.1) is 0 Å². The van der Waals surface area contributed by atoms with Gasteiger partial charge in [0.05, 0.1) is 12.6 Å². The van der Waals surface area contributed by atoms with E-state index in [4.69, 9.17) is 10.5 Å². The quantitative estimate of drug-likeness (QED) is 0.826. The van der Waals surface area contributed by atoms with E-state index >= 15 is 0 Å². The number of anilines is 2. The lowest BCUT2D eigenvalue weighted by Crippen LogP contribution is -2.27. The smallest absolute Gasteiger partial charge is 0.318 e. The van der Waals surface area contributed by atoms with Crippen LogP contribution in [0.1, 0.15) is 6.42 Å². The fourth-order valence-corrected chi connectivity index (χ4v) is 2.68. The lowest BCUT2D eigenvalue weighted by atomic mass is 10.2. The first-order chi connectivity index (χ1) is 11.1. The first-order valence-corrected chi connectivity index (χ1v) is 7.40. The molecule has 0 bridgehead atoms. The van der Waals surface area contributed by atoms with Crippen molar-refractivity contribution in [2.75, 3.05) is 30.4 Å². The summed E-state index contributed by atoms with van der Waals surface area (Å²) in [5, 5.41) is 3.62. The van der Waals surface area contributed by atoms with Crippen molar-refractivity contribution in [3.05, 3.63) is 30.9 Å². The molecule has 0 radical (unpaired) electrons. The molecule has 1 aliphatic heterocycles. The highest BCUT2D eigenvalue weighted by atomic mass is 16.5. The van der Waals surface area contributed by atoms with Crippen LogP contribution in [0.15, 0.2) is 30.9 Å². The van der Waals surface area contributed by atoms with Gasteiger partial charge in [-0.1, -0.05) is 6.58 Å². The molecule has 2 aromatic rings. The van der Waals surface area contributed by atoms with Gasteiger partial charge < -0.3 is 20.7 Å². The Kier molecular flexibility index (Phi) is 4.12. The fourth-order valence-electron chi connectivity index (χ4n) is 2.68. The lowest BCUT2D eigenvalue weighted by molar-refractivity contribution is -0.111. The second-order valence-electron chi connectivity index (χ2n) is 5.45. The average molecular weight is 313 g/mol. The molecule has 0 aliphatic carbocycles. The number of nitrogens with zero attached hydrogens (tertiary/aromatic N) is 3. The summed E-state index contributed by atoms with van der Waals surface area (Å²) in [5.74, 6) is 0.539. The van der Waals surface area contributed by atoms with Gasteiger partial charge in [-0.3, -0.25) is 4.79 Å². The molecular formula is C16H19N5O2. The third-order valence-corrected chi connectivity index (χ3v) is 3.82. The highest BCUT2D eigenvalue weighted by molar-refractivity contribution is 6.01. The van der Waals surface area contributed by atoms with E-state index in [1.54, 1.807) is 6.07 Å². The maximum atomic E-state index is 11.4. The van der Waals surface area contributed by atoms with E-state index in [2.05, 4.69) is 26.8 Å². The number of benzene rings is 1. The van der Waals surface area contributed by atoms with Gasteiger partial charge in [-0.05, 0) is 30.7 Å². The van der Waals surface area contributed by atoms with Crippen molar-refractivity contribution in [3.63, 3.8) is 0 Å². The number of hydrogen-bond donors (Lipinski definition) is 2. The van der Waals surface area contributed by atoms with E-state index in [1.165, 1.54) is 13.2 Å². The molecule has 1 saturated heterocycles. The zero-order valence-corrected chi connectivity index (χ0v) is 13.0. The van der Waals surface area contributed by atoms with Crippen LogP contribution in [-0.2, 0) is 4.79 Å². The van der Waals surface area contributed by atoms with Gasteiger partial charge in [-0.25, -0.2) is 0 Å². The number of hydrogen-bond acceptors (Lipinski definition) is 6. The summed E-state index contributed by atoms with van der Waals surface area (Å²) in [6.45, 7) is 5.05. The lowest BCUT2D eigenvalue weighted by Gasteiger charge is -2.19. The van der Waals surface area contributed by atoms with Crippen LogP contribution in [0.25, 0.3) is 10.9 Å². The molecule has 1 aliphatic rings. The van der Waals surface area contributed by atoms with E-state index < -0.39 is 0 Å². The van der Waals surface area contributed by atoms with Crippen LogP contribution in [0.3, 0.4) is 0 Å². The molecule has 120 valence electrons. The van der Waals surface area contributed by atoms with Crippen LogP contribution in [0.5, 0.6) is 6.01 Å². The molecule has 1 aromatic carbocycles. The number of amides is 1. The van der Waals surface area contributed by atoms with E-state index in [9.17, 15) is 4.79 Å². The minimum atomic E-state index is -0.267. The minimum absolute atomic E-state index is 0.150. The van der Waals surface area contributed by atoms with Gasteiger partial charge in [0, 0.05) is 30.2 Å². The summed E-state index contributed by atoms with van der Waals surface area (Å²) in [7, 11) is 1.53. The number of nitrogens with one attached hydrogen (secondary N) is 1. The fraction of sp³-hybridized carbons (Fsp3) is 0.312. The Morgan fingerprint density at radius 3 is 3.00 bits per heavy atom. The normalized spacial score (nSPS) is 17.3. The number of aromatic nitrogens is 2. The average Bonchev–Trinajstić information content (AvgIpc) is 2.99. The molecule has 3 N–H and O–H groups in total. The van der Waals surface area contributed by atoms with Crippen LogP contribution in [0, 0.1) is 0 Å². The molecule has 0 spiro atoms. The molecular weight excluding hydrogens is 294 g/mol. The van der Waals surface area contributed by atoms with Crippen LogP contribution in [0.2, 0.25) is 0 Å². The second-order valence-corrected chi connectivity index (χ2v) is 5.45. The summed E-state index contributed by atoms with van der Waals surface area (Å²) in [4.78, 5) is 22.4. The zero-order chi connectivity index (χ0) is 16.4. The molecule has 1 aromatic heterocycles. The number of nitrogens with two attached hydrogens (primary N) is 1. The van der Waals surface area contributed by atoms with Gasteiger partial charge in [0.1, 0.15) is 5.82 Å². The Morgan fingerprint density at radius 1 is 1.52 bits per heavy atom. The van der Waals surface area contributed by atoms with Crippen molar-refractivity contribution in [2.45, 2.75) is 12.5 Å². The van der Waals surface area contributed by atoms with Crippen LogP contribution < -0.4 is 20.7 Å². The Bertz CT molecular complexity index is 761. The van der Waals surface area contributed by atoms with E-state index in [0.717, 1.165) is 30.7 Å². The van der Waals surface area contributed by atoms with Crippen LogP contribution in [0.4, 0.5) is 11.5 Å². The number of fused-ring (bicyclic) bond motifs is 1. The highest BCUT2D eigenvalue weighted by Gasteiger charge is 2.23. The van der Waals surface area contributed by atoms with Gasteiger partial charge >= 0.3 is 6.01 Å². The van der Waals surface area contributed by atoms with Crippen molar-refractivity contribution in [3.8, 4) is 6.01 Å². The summed E-state index contributed by atoms with van der Waals surface area (Å²) >= 11 is 0. The molecule has 1 amide bonds. The summed E-state index contributed by atoms with van der Waals surface area (Å²) in [6, 6.07) is 5.95. The van der Waals surface area contributed by atoms with Crippen molar-refractivity contribution < 1.29 is 9.53 Å². The SMILES string of the molecule is C=CC(=O)Nc1ccc2c(N3CC[C@@H](N)C3)nc(OC)nc2c1. The summed E-state index contributed by atoms with van der Waals surface area (Å²) in [5.41, 5.74) is 7.35. The van der Waals surface area contributed by atoms with E-state index in [0.29, 0.717) is 17.2 Å².